The fraction of sp³-hybridized carbons (Fsp3) is 0.280. The third kappa shape index (κ3) is 4.50. The Kier molecular flexibility index (Phi) is 6.39. The fourth-order valence-electron chi connectivity index (χ4n) is 4.25. The van der Waals surface area contributed by atoms with Crippen LogP contribution in [0.4, 0.5) is 4.39 Å². The molecule has 1 aliphatic rings. The van der Waals surface area contributed by atoms with Crippen LogP contribution in [0.1, 0.15) is 39.5 Å². The zero-order chi connectivity index (χ0) is 21.8. The number of carbonyl (C=O) groups excluding carboxylic acids is 1. The number of hydrogen-bond acceptors (Lipinski definition) is 4. The minimum Gasteiger partial charge on any atom is -0.392 e. The first-order valence-electron chi connectivity index (χ1n) is 10.3. The Morgan fingerprint density at radius 1 is 1.19 bits per heavy atom. The average Bonchev–Trinajstić information content (AvgIpc) is 3.29. The molecule has 3 aromatic rings. The number of aliphatic hydroxyl groups excluding tert-OH is 1. The molecule has 2 aromatic carbocycles. The van der Waals surface area contributed by atoms with E-state index in [9.17, 15) is 14.3 Å². The van der Waals surface area contributed by atoms with Gasteiger partial charge in [0.2, 0.25) is 0 Å². The molecule has 0 saturated carbocycles. The maximum Gasteiger partial charge on any atom is 0.272 e. The Hall–Kier alpha value is -3.09. The van der Waals surface area contributed by atoms with Crippen molar-refractivity contribution < 1.29 is 19.0 Å². The second kappa shape index (κ2) is 9.37. The third-order valence-electron chi connectivity index (χ3n) is 5.80. The van der Waals surface area contributed by atoms with Gasteiger partial charge < -0.3 is 14.7 Å². The van der Waals surface area contributed by atoms with E-state index in [0.29, 0.717) is 19.7 Å². The van der Waals surface area contributed by atoms with Crippen LogP contribution in [-0.4, -0.2) is 41.1 Å². The number of benzene rings is 2. The van der Waals surface area contributed by atoms with Crippen LogP contribution in [0, 0.1) is 5.82 Å². The number of amides is 1. The summed E-state index contributed by atoms with van der Waals surface area (Å²) in [5, 5.41) is 10.1. The van der Waals surface area contributed by atoms with Crippen LogP contribution in [0.3, 0.4) is 0 Å². The van der Waals surface area contributed by atoms with Gasteiger partial charge in [0, 0.05) is 26.1 Å². The molecule has 0 bridgehead atoms. The summed E-state index contributed by atoms with van der Waals surface area (Å²) in [6.45, 7) is 1.60. The van der Waals surface area contributed by atoms with Crippen LogP contribution in [-0.2, 0) is 18.0 Å². The van der Waals surface area contributed by atoms with E-state index in [1.807, 2.05) is 24.3 Å². The number of aromatic nitrogens is 1. The minimum absolute atomic E-state index is 0.0699. The van der Waals surface area contributed by atoms with Crippen molar-refractivity contribution in [1.82, 2.24) is 9.88 Å². The molecule has 1 fully saturated rings. The van der Waals surface area contributed by atoms with Gasteiger partial charge in [0.25, 0.3) is 5.91 Å². The highest BCUT2D eigenvalue weighted by Gasteiger charge is 2.30. The molecule has 2 heterocycles. The number of ether oxygens (including phenoxy) is 1. The Morgan fingerprint density at radius 3 is 2.77 bits per heavy atom. The smallest absolute Gasteiger partial charge is 0.272 e. The number of rotatable bonds is 6. The maximum absolute atomic E-state index is 13.1. The van der Waals surface area contributed by atoms with Gasteiger partial charge >= 0.3 is 0 Å². The minimum atomic E-state index is -0.462. The van der Waals surface area contributed by atoms with Crippen molar-refractivity contribution >= 4 is 5.91 Å². The van der Waals surface area contributed by atoms with Gasteiger partial charge in [0.15, 0.2) is 0 Å². The molecular formula is C25H25FN2O3. The van der Waals surface area contributed by atoms with Gasteiger partial charge in [-0.2, -0.15) is 0 Å². The molecule has 1 aliphatic heterocycles. The second-order valence-electron chi connectivity index (χ2n) is 7.76. The number of nitrogens with zero attached hydrogens (tertiary/aromatic N) is 2. The van der Waals surface area contributed by atoms with Crippen molar-refractivity contribution in [3.63, 3.8) is 0 Å². The number of aliphatic hydroxyl groups is 1. The van der Waals surface area contributed by atoms with E-state index >= 15 is 0 Å². The summed E-state index contributed by atoms with van der Waals surface area (Å²) in [7, 11) is 1.67. The van der Waals surface area contributed by atoms with Crippen LogP contribution in [0.2, 0.25) is 0 Å². The topological polar surface area (TPSA) is 62.7 Å². The molecule has 0 radical (unpaired) electrons. The molecule has 1 N–H and O–H groups in total. The summed E-state index contributed by atoms with van der Waals surface area (Å²) >= 11 is 0. The van der Waals surface area contributed by atoms with Gasteiger partial charge in [-0.25, -0.2) is 9.37 Å². The number of carbonyl (C=O) groups is 1. The van der Waals surface area contributed by atoms with Crippen molar-refractivity contribution in [2.45, 2.75) is 25.6 Å². The second-order valence-corrected chi connectivity index (χ2v) is 7.76. The van der Waals surface area contributed by atoms with Gasteiger partial charge in [-0.1, -0.05) is 36.4 Å². The Balaban J connectivity index is 1.55. The molecule has 1 unspecified atom stereocenters. The lowest BCUT2D eigenvalue weighted by Gasteiger charge is -2.19. The average molecular weight is 420 g/mol. The molecule has 1 atom stereocenters. The van der Waals surface area contributed by atoms with Gasteiger partial charge in [-0.05, 0) is 52.4 Å². The molecule has 1 aromatic heterocycles. The normalized spacial score (nSPS) is 16.0. The largest absolute Gasteiger partial charge is 0.392 e. The molecule has 0 aliphatic carbocycles. The SMILES string of the molecule is COCc1ccccc1-c1ccc(C2CCN(C(=O)c3ccc(F)cn3)C2)c(CO)c1. The zero-order valence-electron chi connectivity index (χ0n) is 17.4. The van der Waals surface area contributed by atoms with Crippen molar-refractivity contribution in [1.29, 1.82) is 0 Å². The summed E-state index contributed by atoms with van der Waals surface area (Å²) in [5.74, 6) is -0.524. The Bertz CT molecular complexity index is 1070. The number of pyridine rings is 1. The first-order chi connectivity index (χ1) is 15.1. The lowest BCUT2D eigenvalue weighted by molar-refractivity contribution is 0.0785. The molecule has 5 nitrogen and oxygen atoms in total. The van der Waals surface area contributed by atoms with Crippen LogP contribution < -0.4 is 0 Å². The van der Waals surface area contributed by atoms with E-state index in [1.165, 1.54) is 12.1 Å². The zero-order valence-corrected chi connectivity index (χ0v) is 17.4. The van der Waals surface area contributed by atoms with Crippen molar-refractivity contribution in [2.24, 2.45) is 0 Å². The fourth-order valence-corrected chi connectivity index (χ4v) is 4.25. The Morgan fingerprint density at radius 2 is 2.03 bits per heavy atom. The Labute approximate surface area is 181 Å². The van der Waals surface area contributed by atoms with Crippen LogP contribution >= 0.6 is 0 Å². The van der Waals surface area contributed by atoms with Crippen LogP contribution in [0.25, 0.3) is 11.1 Å². The summed E-state index contributed by atoms with van der Waals surface area (Å²) < 4.78 is 18.4. The number of methoxy groups -OCH3 is 1. The summed E-state index contributed by atoms with van der Waals surface area (Å²) in [6, 6.07) is 16.9. The monoisotopic (exact) mass is 420 g/mol. The lowest BCUT2D eigenvalue weighted by Crippen LogP contribution is -2.29. The first-order valence-corrected chi connectivity index (χ1v) is 10.3. The predicted octanol–water partition coefficient (Wildman–Crippen LogP) is 4.16. The molecule has 1 amide bonds. The standard InChI is InChI=1S/C25H25FN2O3/c1-31-16-19-4-2-3-5-22(19)17-6-8-23(20(12-17)15-29)18-10-11-28(14-18)25(30)24-9-7-21(26)13-27-24/h2-9,12-13,18,29H,10-11,14-16H2,1H3. The number of hydrogen-bond donors (Lipinski definition) is 1. The quantitative estimate of drug-likeness (QED) is 0.651. The van der Waals surface area contributed by atoms with Crippen molar-refractivity contribution in [3.8, 4) is 11.1 Å². The number of halogens is 1. The third-order valence-corrected chi connectivity index (χ3v) is 5.80. The molecule has 31 heavy (non-hydrogen) atoms. The van der Waals surface area contributed by atoms with Gasteiger partial charge in [-0.3, -0.25) is 4.79 Å². The van der Waals surface area contributed by atoms with Crippen LogP contribution in [0.15, 0.2) is 60.8 Å². The van der Waals surface area contributed by atoms with Gasteiger partial charge in [0.1, 0.15) is 11.5 Å². The molecule has 1 saturated heterocycles. The highest BCUT2D eigenvalue weighted by Crippen LogP contribution is 2.34. The molecule has 4 rings (SSSR count). The van der Waals surface area contributed by atoms with Gasteiger partial charge in [-0.15, -0.1) is 0 Å². The van der Waals surface area contributed by atoms with E-state index in [4.69, 9.17) is 4.74 Å². The maximum atomic E-state index is 13.1. The molecule has 6 heteroatoms. The van der Waals surface area contributed by atoms with Crippen molar-refractivity contribution in [3.05, 3.63) is 89.0 Å². The molecule has 160 valence electrons. The summed E-state index contributed by atoms with van der Waals surface area (Å²) in [5.41, 5.74) is 5.36. The van der Waals surface area contributed by atoms with Crippen LogP contribution in [0.5, 0.6) is 0 Å². The highest BCUT2D eigenvalue weighted by atomic mass is 19.1. The summed E-state index contributed by atoms with van der Waals surface area (Å²) in [6.07, 6.45) is 1.87. The van der Waals surface area contributed by atoms with E-state index in [-0.39, 0.29) is 24.1 Å². The van der Waals surface area contributed by atoms with E-state index in [1.54, 1.807) is 12.0 Å². The van der Waals surface area contributed by atoms with E-state index < -0.39 is 5.82 Å². The predicted molar refractivity (Wildman–Crippen MR) is 116 cm³/mol. The van der Waals surface area contributed by atoms with E-state index in [2.05, 4.69) is 23.2 Å². The number of likely N-dealkylation sites (tertiary alicyclic amines) is 1. The first kappa shape index (κ1) is 21.2. The summed E-state index contributed by atoms with van der Waals surface area (Å²) in [4.78, 5) is 18.4. The van der Waals surface area contributed by atoms with Crippen molar-refractivity contribution in [2.75, 3.05) is 20.2 Å². The highest BCUT2D eigenvalue weighted by molar-refractivity contribution is 5.92. The molecule has 0 spiro atoms. The molecular weight excluding hydrogens is 395 g/mol. The lowest BCUT2D eigenvalue weighted by atomic mass is 9.90. The van der Waals surface area contributed by atoms with Gasteiger partial charge in [0.05, 0.1) is 19.4 Å². The van der Waals surface area contributed by atoms with E-state index in [0.717, 1.165) is 40.4 Å².